The smallest absolute Gasteiger partial charge is 0.231 e. The molecular weight excluding hydrogens is 296 g/mol. The highest BCUT2D eigenvalue weighted by molar-refractivity contribution is 5.45. The number of hydrogen-bond donors (Lipinski definition) is 1. The first kappa shape index (κ1) is 14.5. The van der Waals surface area contributed by atoms with Crippen molar-refractivity contribution in [2.45, 2.75) is 31.9 Å². The molecule has 6 nitrogen and oxygen atoms in total. The molecule has 1 aromatic heterocycles. The number of aryl methyl sites for hydroxylation is 1. The highest BCUT2D eigenvalue weighted by atomic mass is 16.7. The lowest BCUT2D eigenvalue weighted by molar-refractivity contribution is 0.0470. The van der Waals surface area contributed by atoms with E-state index in [0.29, 0.717) is 19.0 Å². The van der Waals surface area contributed by atoms with Crippen molar-refractivity contribution in [2.75, 3.05) is 19.9 Å². The van der Waals surface area contributed by atoms with Crippen molar-refractivity contribution in [2.24, 2.45) is 0 Å². The minimum absolute atomic E-state index is 0.125. The summed E-state index contributed by atoms with van der Waals surface area (Å²) >= 11 is 0. The zero-order valence-electron chi connectivity index (χ0n) is 13.1. The highest BCUT2D eigenvalue weighted by Gasteiger charge is 2.30. The molecule has 1 N–H and O–H groups in total. The summed E-state index contributed by atoms with van der Waals surface area (Å²) in [6.07, 6.45) is 2.18. The summed E-state index contributed by atoms with van der Waals surface area (Å²) in [6.45, 7) is 4.37. The third-order valence-corrected chi connectivity index (χ3v) is 4.54. The molecule has 0 spiro atoms. The van der Waals surface area contributed by atoms with Gasteiger partial charge in [-0.25, -0.2) is 4.98 Å². The maximum absolute atomic E-state index is 10.6. The minimum atomic E-state index is -0.405. The Morgan fingerprint density at radius 3 is 2.96 bits per heavy atom. The quantitative estimate of drug-likeness (QED) is 0.935. The molecule has 0 aliphatic carbocycles. The SMILES string of the molecule is Cc1nc(CN2CC[C@@H](c3ccc4c(c3)OCO4)[C@H](O)C2)co1. The normalized spacial score (nSPS) is 24.1. The van der Waals surface area contributed by atoms with E-state index in [-0.39, 0.29) is 12.7 Å². The molecule has 1 aromatic carbocycles. The predicted octanol–water partition coefficient (Wildman–Crippen LogP) is 2.06. The van der Waals surface area contributed by atoms with Crippen molar-refractivity contribution in [3.63, 3.8) is 0 Å². The molecule has 0 unspecified atom stereocenters. The fourth-order valence-corrected chi connectivity index (χ4v) is 3.38. The molecule has 2 aromatic rings. The number of piperidine rings is 1. The summed E-state index contributed by atoms with van der Waals surface area (Å²) in [5, 5.41) is 10.6. The van der Waals surface area contributed by atoms with Crippen molar-refractivity contribution >= 4 is 0 Å². The van der Waals surface area contributed by atoms with Crippen LogP contribution in [0.2, 0.25) is 0 Å². The summed E-state index contributed by atoms with van der Waals surface area (Å²) in [4.78, 5) is 6.54. The summed E-state index contributed by atoms with van der Waals surface area (Å²) in [7, 11) is 0. The number of ether oxygens (including phenoxy) is 2. The number of rotatable bonds is 3. The number of likely N-dealkylation sites (tertiary alicyclic amines) is 1. The van der Waals surface area contributed by atoms with Crippen LogP contribution in [0, 0.1) is 6.92 Å². The van der Waals surface area contributed by atoms with E-state index < -0.39 is 6.10 Å². The van der Waals surface area contributed by atoms with Gasteiger partial charge in [-0.05, 0) is 30.7 Å². The number of oxazole rings is 1. The Hall–Kier alpha value is -2.05. The topological polar surface area (TPSA) is 68.0 Å². The van der Waals surface area contributed by atoms with Gasteiger partial charge in [0.2, 0.25) is 6.79 Å². The van der Waals surface area contributed by atoms with Crippen molar-refractivity contribution < 1.29 is 19.0 Å². The molecule has 2 aliphatic heterocycles. The lowest BCUT2D eigenvalue weighted by Crippen LogP contribution is -2.42. The van der Waals surface area contributed by atoms with Crippen LogP contribution in [0.25, 0.3) is 0 Å². The van der Waals surface area contributed by atoms with Gasteiger partial charge in [0, 0.05) is 25.9 Å². The van der Waals surface area contributed by atoms with Gasteiger partial charge in [-0.2, -0.15) is 0 Å². The molecule has 2 atom stereocenters. The van der Waals surface area contributed by atoms with Crippen LogP contribution >= 0.6 is 0 Å². The molecule has 0 saturated carbocycles. The van der Waals surface area contributed by atoms with Crippen LogP contribution in [-0.2, 0) is 6.54 Å². The van der Waals surface area contributed by atoms with E-state index in [0.717, 1.165) is 35.7 Å². The molecule has 23 heavy (non-hydrogen) atoms. The molecule has 4 rings (SSSR count). The second-order valence-corrected chi connectivity index (χ2v) is 6.17. The van der Waals surface area contributed by atoms with Crippen LogP contribution in [0.4, 0.5) is 0 Å². The van der Waals surface area contributed by atoms with E-state index in [9.17, 15) is 5.11 Å². The van der Waals surface area contributed by atoms with E-state index in [1.54, 1.807) is 6.26 Å². The van der Waals surface area contributed by atoms with Gasteiger partial charge >= 0.3 is 0 Å². The van der Waals surface area contributed by atoms with Crippen LogP contribution in [0.15, 0.2) is 28.9 Å². The molecule has 0 radical (unpaired) electrons. The summed E-state index contributed by atoms with van der Waals surface area (Å²) in [5.41, 5.74) is 2.02. The molecule has 122 valence electrons. The minimum Gasteiger partial charge on any atom is -0.454 e. The van der Waals surface area contributed by atoms with Gasteiger partial charge in [-0.1, -0.05) is 6.07 Å². The van der Waals surface area contributed by atoms with Crippen LogP contribution in [0.1, 0.15) is 29.5 Å². The highest BCUT2D eigenvalue weighted by Crippen LogP contribution is 2.37. The first-order valence-electron chi connectivity index (χ1n) is 7.90. The van der Waals surface area contributed by atoms with Crippen LogP contribution in [0.3, 0.4) is 0 Å². The summed E-state index contributed by atoms with van der Waals surface area (Å²) in [5.74, 6) is 2.35. The lowest BCUT2D eigenvalue weighted by atomic mass is 9.87. The second-order valence-electron chi connectivity index (χ2n) is 6.17. The Balaban J connectivity index is 1.43. The van der Waals surface area contributed by atoms with Crippen molar-refractivity contribution in [1.29, 1.82) is 0 Å². The van der Waals surface area contributed by atoms with E-state index in [1.807, 2.05) is 25.1 Å². The van der Waals surface area contributed by atoms with Crippen molar-refractivity contribution in [3.05, 3.63) is 41.6 Å². The maximum atomic E-state index is 10.6. The number of β-amino-alcohol motifs (C(OH)–C–C–N with tert-alkyl or cyclic N) is 1. The largest absolute Gasteiger partial charge is 0.454 e. The average Bonchev–Trinajstić information content (AvgIpc) is 3.15. The van der Waals surface area contributed by atoms with Gasteiger partial charge in [0.1, 0.15) is 6.26 Å². The molecule has 3 heterocycles. The Kier molecular flexibility index (Phi) is 3.71. The van der Waals surface area contributed by atoms with Gasteiger partial charge in [-0.3, -0.25) is 4.90 Å². The summed E-state index contributed by atoms with van der Waals surface area (Å²) in [6, 6.07) is 5.94. The number of aliphatic hydroxyl groups is 1. The van der Waals surface area contributed by atoms with Gasteiger partial charge in [0.25, 0.3) is 0 Å². The molecule has 6 heteroatoms. The van der Waals surface area contributed by atoms with Crippen LogP contribution in [-0.4, -0.2) is 41.0 Å². The number of nitrogens with zero attached hydrogens (tertiary/aromatic N) is 2. The van der Waals surface area contributed by atoms with Crippen molar-refractivity contribution in [3.8, 4) is 11.5 Å². The van der Waals surface area contributed by atoms with Gasteiger partial charge in [-0.15, -0.1) is 0 Å². The number of aliphatic hydroxyl groups excluding tert-OH is 1. The lowest BCUT2D eigenvalue weighted by Gasteiger charge is -2.35. The van der Waals surface area contributed by atoms with E-state index in [1.165, 1.54) is 0 Å². The number of fused-ring (bicyclic) bond motifs is 1. The van der Waals surface area contributed by atoms with Gasteiger partial charge < -0.3 is 19.0 Å². The van der Waals surface area contributed by atoms with Gasteiger partial charge in [0.15, 0.2) is 17.4 Å². The third kappa shape index (κ3) is 2.92. The van der Waals surface area contributed by atoms with E-state index in [4.69, 9.17) is 13.9 Å². The molecule has 1 fully saturated rings. The predicted molar refractivity (Wildman–Crippen MR) is 82.4 cm³/mol. The van der Waals surface area contributed by atoms with Crippen LogP contribution < -0.4 is 9.47 Å². The Bertz CT molecular complexity index is 700. The average molecular weight is 316 g/mol. The summed E-state index contributed by atoms with van der Waals surface area (Å²) < 4.78 is 16.0. The second kappa shape index (κ2) is 5.86. The first-order valence-corrected chi connectivity index (χ1v) is 7.90. The first-order chi connectivity index (χ1) is 11.2. The molecule has 0 bridgehead atoms. The number of benzene rings is 1. The zero-order chi connectivity index (χ0) is 15.8. The fourth-order valence-electron chi connectivity index (χ4n) is 3.38. The number of hydrogen-bond acceptors (Lipinski definition) is 6. The molecule has 2 aliphatic rings. The monoisotopic (exact) mass is 316 g/mol. The third-order valence-electron chi connectivity index (χ3n) is 4.54. The fraction of sp³-hybridized carbons (Fsp3) is 0.471. The molecule has 1 saturated heterocycles. The van der Waals surface area contributed by atoms with Crippen molar-refractivity contribution in [1.82, 2.24) is 9.88 Å². The standard InChI is InChI=1S/C17H20N2O4/c1-11-18-13(9-21-11)7-19-5-4-14(15(20)8-19)12-2-3-16-17(6-12)23-10-22-16/h2-3,6,9,14-15,20H,4-5,7-8,10H2,1H3/t14-,15+/m0/s1. The maximum Gasteiger partial charge on any atom is 0.231 e. The Labute approximate surface area is 134 Å². The molecule has 0 amide bonds. The zero-order valence-corrected chi connectivity index (χ0v) is 13.1. The molecular formula is C17H20N2O4. The Morgan fingerprint density at radius 1 is 1.30 bits per heavy atom. The van der Waals surface area contributed by atoms with Crippen LogP contribution in [0.5, 0.6) is 11.5 Å². The number of aromatic nitrogens is 1. The van der Waals surface area contributed by atoms with E-state index in [2.05, 4.69) is 9.88 Å². The van der Waals surface area contributed by atoms with Gasteiger partial charge in [0.05, 0.1) is 11.8 Å². The Morgan fingerprint density at radius 2 is 2.17 bits per heavy atom. The van der Waals surface area contributed by atoms with E-state index >= 15 is 0 Å².